The minimum atomic E-state index is -3.73. The van der Waals surface area contributed by atoms with E-state index in [9.17, 15) is 13.2 Å². The third-order valence-corrected chi connectivity index (χ3v) is 4.47. The molecule has 2 aromatic rings. The topological polar surface area (TPSA) is 89.3 Å². The number of amides is 1. The van der Waals surface area contributed by atoms with E-state index in [0.717, 1.165) is 5.56 Å². The molecular formula is C17H20N2O3S. The monoisotopic (exact) mass is 332 g/mol. The Kier molecular flexibility index (Phi) is 4.87. The third-order valence-electron chi connectivity index (χ3n) is 3.54. The van der Waals surface area contributed by atoms with E-state index in [-0.39, 0.29) is 10.8 Å². The molecule has 2 aromatic carbocycles. The molecule has 2 rings (SSSR count). The maximum Gasteiger partial charge on any atom is 0.238 e. The van der Waals surface area contributed by atoms with Gasteiger partial charge in [-0.2, -0.15) is 0 Å². The number of benzene rings is 2. The fourth-order valence-electron chi connectivity index (χ4n) is 2.21. The fraction of sp³-hybridized carbons (Fsp3) is 0.235. The van der Waals surface area contributed by atoms with Crippen molar-refractivity contribution in [2.75, 3.05) is 5.32 Å². The predicted octanol–water partition coefficient (Wildman–Crippen LogP) is 2.54. The van der Waals surface area contributed by atoms with Crippen LogP contribution in [0.2, 0.25) is 0 Å². The summed E-state index contributed by atoms with van der Waals surface area (Å²) in [5.41, 5.74) is 1.01. The Labute approximate surface area is 136 Å². The van der Waals surface area contributed by atoms with E-state index in [1.165, 1.54) is 24.3 Å². The van der Waals surface area contributed by atoms with Gasteiger partial charge in [0.2, 0.25) is 15.9 Å². The van der Waals surface area contributed by atoms with Gasteiger partial charge >= 0.3 is 0 Å². The molecular weight excluding hydrogens is 312 g/mol. The van der Waals surface area contributed by atoms with Crippen molar-refractivity contribution >= 4 is 21.6 Å². The molecule has 0 bridgehead atoms. The van der Waals surface area contributed by atoms with Gasteiger partial charge in [0.05, 0.1) is 4.90 Å². The van der Waals surface area contributed by atoms with Gasteiger partial charge < -0.3 is 5.32 Å². The van der Waals surface area contributed by atoms with Crippen LogP contribution in [0.3, 0.4) is 0 Å². The minimum Gasteiger partial charge on any atom is -0.326 e. The van der Waals surface area contributed by atoms with Crippen LogP contribution in [0.25, 0.3) is 0 Å². The summed E-state index contributed by atoms with van der Waals surface area (Å²) in [6, 6.07) is 15.6. The van der Waals surface area contributed by atoms with Crippen molar-refractivity contribution in [2.45, 2.75) is 25.2 Å². The summed E-state index contributed by atoms with van der Waals surface area (Å²) in [6.07, 6.45) is 0.606. The van der Waals surface area contributed by atoms with E-state index in [1.807, 2.05) is 44.2 Å². The SMILES string of the molecule is CC(C)(Cc1ccccc1)C(=O)Nc1ccc(S(N)(=O)=O)cc1. The van der Waals surface area contributed by atoms with E-state index in [0.29, 0.717) is 12.1 Å². The standard InChI is InChI=1S/C17H20N2O3S/c1-17(2,12-13-6-4-3-5-7-13)16(20)19-14-8-10-15(11-9-14)23(18,21)22/h3-11H,12H2,1-2H3,(H,19,20)(H2,18,21,22). The number of anilines is 1. The molecule has 0 aliphatic heterocycles. The molecule has 0 aromatic heterocycles. The number of rotatable bonds is 5. The van der Waals surface area contributed by atoms with Crippen molar-refractivity contribution in [2.24, 2.45) is 10.6 Å². The molecule has 0 saturated carbocycles. The molecule has 0 saturated heterocycles. The third kappa shape index (κ3) is 4.64. The van der Waals surface area contributed by atoms with Gasteiger partial charge in [0.25, 0.3) is 0 Å². The molecule has 6 heteroatoms. The van der Waals surface area contributed by atoms with Crippen molar-refractivity contribution in [1.82, 2.24) is 0 Å². The van der Waals surface area contributed by atoms with Crippen LogP contribution in [0, 0.1) is 5.41 Å². The first-order chi connectivity index (χ1) is 10.7. The summed E-state index contributed by atoms with van der Waals surface area (Å²) in [7, 11) is -3.73. The zero-order chi connectivity index (χ0) is 17.1. The number of primary sulfonamides is 1. The van der Waals surface area contributed by atoms with Gasteiger partial charge in [-0.15, -0.1) is 0 Å². The second kappa shape index (κ2) is 6.52. The number of hydrogen-bond acceptors (Lipinski definition) is 3. The Morgan fingerprint density at radius 2 is 1.61 bits per heavy atom. The molecule has 0 heterocycles. The summed E-state index contributed by atoms with van der Waals surface area (Å²) in [5, 5.41) is 7.85. The highest BCUT2D eigenvalue weighted by Crippen LogP contribution is 2.24. The molecule has 3 N–H and O–H groups in total. The fourth-order valence-corrected chi connectivity index (χ4v) is 2.73. The number of nitrogens with one attached hydrogen (secondary N) is 1. The maximum absolute atomic E-state index is 12.5. The summed E-state index contributed by atoms with van der Waals surface area (Å²) in [6.45, 7) is 3.74. The van der Waals surface area contributed by atoms with Gasteiger partial charge in [0, 0.05) is 11.1 Å². The molecule has 5 nitrogen and oxygen atoms in total. The van der Waals surface area contributed by atoms with Gasteiger partial charge in [-0.05, 0) is 36.2 Å². The quantitative estimate of drug-likeness (QED) is 0.881. The largest absolute Gasteiger partial charge is 0.326 e. The Bertz CT molecular complexity index is 782. The van der Waals surface area contributed by atoms with Crippen molar-refractivity contribution in [3.05, 3.63) is 60.2 Å². The molecule has 0 fully saturated rings. The summed E-state index contributed by atoms with van der Waals surface area (Å²) >= 11 is 0. The number of nitrogens with two attached hydrogens (primary N) is 1. The van der Waals surface area contributed by atoms with Gasteiger partial charge in [-0.3, -0.25) is 4.79 Å². The molecule has 0 atom stereocenters. The normalized spacial score (nSPS) is 12.0. The van der Waals surface area contributed by atoms with Crippen LogP contribution in [0.15, 0.2) is 59.5 Å². The maximum atomic E-state index is 12.5. The Hall–Kier alpha value is -2.18. The Morgan fingerprint density at radius 3 is 2.13 bits per heavy atom. The number of sulfonamides is 1. The van der Waals surface area contributed by atoms with Crippen molar-refractivity contribution in [3.63, 3.8) is 0 Å². The number of hydrogen-bond donors (Lipinski definition) is 2. The predicted molar refractivity (Wildman–Crippen MR) is 90.4 cm³/mol. The van der Waals surface area contributed by atoms with Crippen molar-refractivity contribution in [1.29, 1.82) is 0 Å². The molecule has 23 heavy (non-hydrogen) atoms. The van der Waals surface area contributed by atoms with E-state index < -0.39 is 15.4 Å². The number of carbonyl (C=O) groups excluding carboxylic acids is 1. The Balaban J connectivity index is 2.08. The first kappa shape index (κ1) is 17.2. The summed E-state index contributed by atoms with van der Waals surface area (Å²) in [5.74, 6) is -0.135. The van der Waals surface area contributed by atoms with Crippen LogP contribution in [0.5, 0.6) is 0 Å². The van der Waals surface area contributed by atoms with Gasteiger partial charge in [0.1, 0.15) is 0 Å². The molecule has 122 valence electrons. The first-order valence-corrected chi connectivity index (χ1v) is 8.71. The Morgan fingerprint density at radius 1 is 1.04 bits per heavy atom. The van der Waals surface area contributed by atoms with E-state index in [2.05, 4.69) is 5.32 Å². The van der Waals surface area contributed by atoms with Crippen molar-refractivity contribution < 1.29 is 13.2 Å². The first-order valence-electron chi connectivity index (χ1n) is 7.17. The van der Waals surface area contributed by atoms with Gasteiger partial charge in [0.15, 0.2) is 0 Å². The molecule has 0 aliphatic carbocycles. The van der Waals surface area contributed by atoms with Crippen LogP contribution in [-0.4, -0.2) is 14.3 Å². The lowest BCUT2D eigenvalue weighted by Crippen LogP contribution is -2.32. The van der Waals surface area contributed by atoms with E-state index in [1.54, 1.807) is 0 Å². The van der Waals surface area contributed by atoms with Crippen molar-refractivity contribution in [3.8, 4) is 0 Å². The molecule has 0 aliphatic rings. The average Bonchev–Trinajstić information content (AvgIpc) is 2.47. The van der Waals surface area contributed by atoms with E-state index >= 15 is 0 Å². The van der Waals surface area contributed by atoms with Crippen LogP contribution in [-0.2, 0) is 21.2 Å². The highest BCUT2D eigenvalue weighted by atomic mass is 32.2. The lowest BCUT2D eigenvalue weighted by molar-refractivity contribution is -0.123. The van der Waals surface area contributed by atoms with Crippen LogP contribution in [0.1, 0.15) is 19.4 Å². The zero-order valence-electron chi connectivity index (χ0n) is 13.1. The highest BCUT2D eigenvalue weighted by Gasteiger charge is 2.28. The summed E-state index contributed by atoms with van der Waals surface area (Å²) < 4.78 is 22.4. The molecule has 0 unspecified atom stereocenters. The van der Waals surface area contributed by atoms with Gasteiger partial charge in [-0.1, -0.05) is 44.2 Å². The smallest absolute Gasteiger partial charge is 0.238 e. The molecule has 0 spiro atoms. The van der Waals surface area contributed by atoms with Gasteiger partial charge in [-0.25, -0.2) is 13.6 Å². The lowest BCUT2D eigenvalue weighted by atomic mass is 9.85. The van der Waals surface area contributed by atoms with E-state index in [4.69, 9.17) is 5.14 Å². The van der Waals surface area contributed by atoms with Crippen LogP contribution < -0.4 is 10.5 Å². The minimum absolute atomic E-state index is 0.0130. The second-order valence-electron chi connectivity index (χ2n) is 6.07. The van der Waals surface area contributed by atoms with Crippen LogP contribution in [0.4, 0.5) is 5.69 Å². The second-order valence-corrected chi connectivity index (χ2v) is 7.63. The lowest BCUT2D eigenvalue weighted by Gasteiger charge is -2.23. The molecule has 1 amide bonds. The summed E-state index contributed by atoms with van der Waals surface area (Å²) in [4.78, 5) is 12.5. The van der Waals surface area contributed by atoms with Crippen LogP contribution >= 0.6 is 0 Å². The highest BCUT2D eigenvalue weighted by molar-refractivity contribution is 7.89. The zero-order valence-corrected chi connectivity index (χ0v) is 13.9. The molecule has 0 radical (unpaired) electrons. The number of carbonyl (C=O) groups is 1. The average molecular weight is 332 g/mol.